The lowest BCUT2D eigenvalue weighted by Gasteiger charge is -2.33. The number of anilines is 1. The Morgan fingerprint density at radius 2 is 2.15 bits per heavy atom. The van der Waals surface area contributed by atoms with Gasteiger partial charge in [0.2, 0.25) is 0 Å². The Bertz CT molecular complexity index is 545. The van der Waals surface area contributed by atoms with Gasteiger partial charge in [-0.05, 0) is 25.0 Å². The molecule has 1 atom stereocenters. The van der Waals surface area contributed by atoms with Crippen LogP contribution in [0.25, 0.3) is 0 Å². The van der Waals surface area contributed by atoms with E-state index in [0.29, 0.717) is 0 Å². The van der Waals surface area contributed by atoms with Crippen LogP contribution in [0.5, 0.6) is 5.75 Å². The zero-order chi connectivity index (χ0) is 14.6. The molecule has 112 valence electrons. The first-order valence-electron chi connectivity index (χ1n) is 6.86. The number of benzene rings is 1. The third-order valence-corrected chi connectivity index (χ3v) is 4.28. The van der Waals surface area contributed by atoms with Crippen molar-refractivity contribution in [2.45, 2.75) is 18.9 Å². The second-order valence-corrected chi connectivity index (χ2v) is 7.55. The topological polar surface area (TPSA) is 72.6 Å². The highest BCUT2D eigenvalue weighted by Gasteiger charge is 2.19. The molecule has 0 saturated carbocycles. The predicted octanol–water partition coefficient (Wildman–Crippen LogP) is 1.04. The lowest BCUT2D eigenvalue weighted by Crippen LogP contribution is -2.43. The van der Waals surface area contributed by atoms with E-state index >= 15 is 0 Å². The third-order valence-electron chi connectivity index (χ3n) is 3.38. The van der Waals surface area contributed by atoms with Gasteiger partial charge in [0.15, 0.2) is 9.84 Å². The number of sulfone groups is 1. The van der Waals surface area contributed by atoms with Gasteiger partial charge in [0, 0.05) is 25.4 Å². The molecule has 1 saturated heterocycles. The molecule has 2 rings (SSSR count). The summed E-state index contributed by atoms with van der Waals surface area (Å²) in [5.74, 6) is 0.756. The lowest BCUT2D eigenvalue weighted by atomic mass is 10.1. The van der Waals surface area contributed by atoms with Crippen LogP contribution in [-0.4, -0.2) is 46.2 Å². The fourth-order valence-corrected chi connectivity index (χ4v) is 2.76. The van der Waals surface area contributed by atoms with Gasteiger partial charge < -0.3 is 15.4 Å². The van der Waals surface area contributed by atoms with Gasteiger partial charge in [-0.25, -0.2) is 8.42 Å². The second-order valence-electron chi connectivity index (χ2n) is 5.29. The Hall–Kier alpha value is -1.27. The van der Waals surface area contributed by atoms with Crippen LogP contribution in [0.2, 0.25) is 0 Å². The zero-order valence-corrected chi connectivity index (χ0v) is 12.6. The summed E-state index contributed by atoms with van der Waals surface area (Å²) >= 11 is 0. The van der Waals surface area contributed by atoms with Crippen molar-refractivity contribution in [2.24, 2.45) is 5.73 Å². The van der Waals surface area contributed by atoms with Crippen LogP contribution in [0.1, 0.15) is 12.8 Å². The molecule has 0 spiro atoms. The van der Waals surface area contributed by atoms with E-state index in [1.165, 1.54) is 6.26 Å². The Labute approximate surface area is 120 Å². The SMILES string of the molecule is CS(=O)(=O)CCOc1ccccc1N1CCCC(N)C1. The predicted molar refractivity (Wildman–Crippen MR) is 81.1 cm³/mol. The van der Waals surface area contributed by atoms with Crippen LogP contribution in [0.4, 0.5) is 5.69 Å². The van der Waals surface area contributed by atoms with E-state index in [4.69, 9.17) is 10.5 Å². The summed E-state index contributed by atoms with van der Waals surface area (Å²) in [6.07, 6.45) is 3.33. The van der Waals surface area contributed by atoms with Gasteiger partial charge in [0.05, 0.1) is 11.4 Å². The van der Waals surface area contributed by atoms with E-state index in [-0.39, 0.29) is 18.4 Å². The molecule has 0 bridgehead atoms. The number of hydrogen-bond donors (Lipinski definition) is 1. The summed E-state index contributed by atoms with van der Waals surface area (Å²) in [6.45, 7) is 1.95. The van der Waals surface area contributed by atoms with Crippen molar-refractivity contribution in [2.75, 3.05) is 36.6 Å². The van der Waals surface area contributed by atoms with Gasteiger partial charge in [-0.1, -0.05) is 12.1 Å². The Morgan fingerprint density at radius 3 is 2.85 bits per heavy atom. The quantitative estimate of drug-likeness (QED) is 0.879. The minimum absolute atomic E-state index is 0.0286. The highest BCUT2D eigenvalue weighted by Crippen LogP contribution is 2.30. The molecule has 20 heavy (non-hydrogen) atoms. The maximum Gasteiger partial charge on any atom is 0.150 e. The van der Waals surface area contributed by atoms with Crippen LogP contribution in [-0.2, 0) is 9.84 Å². The van der Waals surface area contributed by atoms with Gasteiger partial charge in [-0.15, -0.1) is 0 Å². The first kappa shape index (κ1) is 15.1. The second kappa shape index (κ2) is 6.45. The van der Waals surface area contributed by atoms with Crippen molar-refractivity contribution in [1.82, 2.24) is 0 Å². The lowest BCUT2D eigenvalue weighted by molar-refractivity contribution is 0.340. The van der Waals surface area contributed by atoms with Gasteiger partial charge in [0.1, 0.15) is 12.4 Å². The highest BCUT2D eigenvalue weighted by molar-refractivity contribution is 7.90. The van der Waals surface area contributed by atoms with Crippen LogP contribution in [0, 0.1) is 0 Å². The summed E-state index contributed by atoms with van der Waals surface area (Å²) in [5.41, 5.74) is 7.00. The van der Waals surface area contributed by atoms with E-state index in [1.807, 2.05) is 24.3 Å². The highest BCUT2D eigenvalue weighted by atomic mass is 32.2. The summed E-state index contributed by atoms with van der Waals surface area (Å²) in [6, 6.07) is 7.90. The van der Waals surface area contributed by atoms with Crippen molar-refractivity contribution in [3.63, 3.8) is 0 Å². The monoisotopic (exact) mass is 298 g/mol. The standard InChI is InChI=1S/C14H22N2O3S/c1-20(17,18)10-9-19-14-7-3-2-6-13(14)16-8-4-5-12(15)11-16/h2-3,6-7,12H,4-5,8-11,15H2,1H3. The molecular weight excluding hydrogens is 276 g/mol. The minimum Gasteiger partial charge on any atom is -0.490 e. The molecule has 2 N–H and O–H groups in total. The molecule has 6 heteroatoms. The summed E-state index contributed by atoms with van der Waals surface area (Å²) in [7, 11) is -3.00. The third kappa shape index (κ3) is 4.38. The van der Waals surface area contributed by atoms with E-state index in [9.17, 15) is 8.42 Å². The summed E-state index contributed by atoms with van der Waals surface area (Å²) in [5, 5.41) is 0. The largest absolute Gasteiger partial charge is 0.490 e. The molecule has 1 aliphatic rings. The van der Waals surface area contributed by atoms with Crippen LogP contribution < -0.4 is 15.4 Å². The molecule has 0 amide bonds. The molecule has 1 heterocycles. The average Bonchev–Trinajstić information content (AvgIpc) is 2.38. The molecule has 1 fully saturated rings. The first-order valence-corrected chi connectivity index (χ1v) is 8.92. The summed E-state index contributed by atoms with van der Waals surface area (Å²) < 4.78 is 27.9. The van der Waals surface area contributed by atoms with Crippen molar-refractivity contribution >= 4 is 15.5 Å². The fourth-order valence-electron chi connectivity index (χ4n) is 2.37. The maximum atomic E-state index is 11.1. The molecule has 1 aromatic rings. The molecule has 0 aromatic heterocycles. The van der Waals surface area contributed by atoms with E-state index in [2.05, 4.69) is 4.90 Å². The fraction of sp³-hybridized carbons (Fsp3) is 0.571. The number of nitrogens with two attached hydrogens (primary N) is 1. The van der Waals surface area contributed by atoms with Gasteiger partial charge in [0.25, 0.3) is 0 Å². The van der Waals surface area contributed by atoms with E-state index in [0.717, 1.165) is 37.4 Å². The van der Waals surface area contributed by atoms with Crippen molar-refractivity contribution in [1.29, 1.82) is 0 Å². The van der Waals surface area contributed by atoms with Crippen molar-refractivity contribution < 1.29 is 13.2 Å². The number of ether oxygens (including phenoxy) is 1. The molecule has 5 nitrogen and oxygen atoms in total. The molecule has 1 unspecified atom stereocenters. The molecule has 0 radical (unpaired) electrons. The summed E-state index contributed by atoms with van der Waals surface area (Å²) in [4.78, 5) is 2.21. The van der Waals surface area contributed by atoms with Gasteiger partial charge in [-0.3, -0.25) is 0 Å². The van der Waals surface area contributed by atoms with Crippen LogP contribution in [0.3, 0.4) is 0 Å². The number of para-hydroxylation sites is 2. The maximum absolute atomic E-state index is 11.1. The molecular formula is C14H22N2O3S. The normalized spacial score (nSPS) is 19.9. The van der Waals surface area contributed by atoms with Crippen LogP contribution in [0.15, 0.2) is 24.3 Å². The molecule has 1 aliphatic heterocycles. The Kier molecular flexibility index (Phi) is 4.88. The van der Waals surface area contributed by atoms with E-state index in [1.54, 1.807) is 0 Å². The molecule has 1 aromatic carbocycles. The smallest absolute Gasteiger partial charge is 0.150 e. The first-order chi connectivity index (χ1) is 9.46. The van der Waals surface area contributed by atoms with E-state index < -0.39 is 9.84 Å². The van der Waals surface area contributed by atoms with Crippen molar-refractivity contribution in [3.8, 4) is 5.75 Å². The van der Waals surface area contributed by atoms with Gasteiger partial charge >= 0.3 is 0 Å². The molecule has 0 aliphatic carbocycles. The Morgan fingerprint density at radius 1 is 1.40 bits per heavy atom. The number of hydrogen-bond acceptors (Lipinski definition) is 5. The van der Waals surface area contributed by atoms with Crippen molar-refractivity contribution in [3.05, 3.63) is 24.3 Å². The van der Waals surface area contributed by atoms with Crippen LogP contribution >= 0.6 is 0 Å². The van der Waals surface area contributed by atoms with Gasteiger partial charge in [-0.2, -0.15) is 0 Å². The number of piperidine rings is 1. The average molecular weight is 298 g/mol. The Balaban J connectivity index is 2.05. The number of rotatable bonds is 5. The zero-order valence-electron chi connectivity index (χ0n) is 11.8. The minimum atomic E-state index is -3.00. The number of nitrogens with zero attached hydrogens (tertiary/aromatic N) is 1.